The predicted octanol–water partition coefficient (Wildman–Crippen LogP) is 3.87. The topological polar surface area (TPSA) is 46.9 Å². The predicted molar refractivity (Wildman–Crippen MR) is 89.1 cm³/mol. The SMILES string of the molecule is Cc1ccccc1[C@@H](CC(=O)Nc1nccs1)n1cccc1. The quantitative estimate of drug-likeness (QED) is 0.777. The van der Waals surface area contributed by atoms with Gasteiger partial charge in [0.05, 0.1) is 12.5 Å². The van der Waals surface area contributed by atoms with E-state index in [0.717, 1.165) is 5.56 Å². The second-order valence-corrected chi connectivity index (χ2v) is 5.99. The number of carbonyl (C=O) groups excluding carboxylic acids is 1. The highest BCUT2D eigenvalue weighted by Crippen LogP contribution is 2.26. The molecule has 0 unspecified atom stereocenters. The Morgan fingerprint density at radius 2 is 2.05 bits per heavy atom. The average Bonchev–Trinajstić information content (AvgIpc) is 3.19. The Kier molecular flexibility index (Phi) is 4.34. The molecular weight excluding hydrogens is 294 g/mol. The molecule has 0 aliphatic heterocycles. The number of aromatic nitrogens is 2. The highest BCUT2D eigenvalue weighted by Gasteiger charge is 2.19. The second kappa shape index (κ2) is 6.58. The van der Waals surface area contributed by atoms with Gasteiger partial charge in [-0.15, -0.1) is 11.3 Å². The van der Waals surface area contributed by atoms with Crippen molar-refractivity contribution in [1.82, 2.24) is 9.55 Å². The molecule has 1 amide bonds. The van der Waals surface area contributed by atoms with Crippen molar-refractivity contribution < 1.29 is 4.79 Å². The van der Waals surface area contributed by atoms with Crippen LogP contribution in [0.3, 0.4) is 0 Å². The Balaban J connectivity index is 1.84. The molecular formula is C17H17N3OS. The number of hydrogen-bond acceptors (Lipinski definition) is 3. The van der Waals surface area contributed by atoms with Gasteiger partial charge in [0.1, 0.15) is 0 Å². The summed E-state index contributed by atoms with van der Waals surface area (Å²) in [7, 11) is 0. The number of benzene rings is 1. The van der Waals surface area contributed by atoms with Crippen molar-refractivity contribution in [2.75, 3.05) is 5.32 Å². The Bertz CT molecular complexity index is 735. The molecule has 3 rings (SSSR count). The number of nitrogens with one attached hydrogen (secondary N) is 1. The lowest BCUT2D eigenvalue weighted by molar-refractivity contribution is -0.116. The first kappa shape index (κ1) is 14.5. The van der Waals surface area contributed by atoms with E-state index in [-0.39, 0.29) is 11.9 Å². The summed E-state index contributed by atoms with van der Waals surface area (Å²) in [6.45, 7) is 2.07. The Morgan fingerprint density at radius 3 is 2.73 bits per heavy atom. The Hall–Kier alpha value is -2.40. The highest BCUT2D eigenvalue weighted by molar-refractivity contribution is 7.13. The van der Waals surface area contributed by atoms with Crippen LogP contribution in [0.25, 0.3) is 0 Å². The number of aryl methyl sites for hydroxylation is 1. The number of amides is 1. The summed E-state index contributed by atoms with van der Waals surface area (Å²) in [6, 6.07) is 12.1. The number of anilines is 1. The number of thiazole rings is 1. The number of hydrogen-bond donors (Lipinski definition) is 1. The van der Waals surface area contributed by atoms with Crippen molar-refractivity contribution in [2.24, 2.45) is 0 Å². The van der Waals surface area contributed by atoms with Crippen LogP contribution in [0.5, 0.6) is 0 Å². The summed E-state index contributed by atoms with van der Waals surface area (Å²) in [5, 5.41) is 5.35. The van der Waals surface area contributed by atoms with Gasteiger partial charge in [0, 0.05) is 24.0 Å². The van der Waals surface area contributed by atoms with Gasteiger partial charge in [-0.2, -0.15) is 0 Å². The summed E-state index contributed by atoms with van der Waals surface area (Å²) in [5.74, 6) is -0.0306. The lowest BCUT2D eigenvalue weighted by Gasteiger charge is -2.21. The van der Waals surface area contributed by atoms with Gasteiger partial charge in [-0.3, -0.25) is 4.79 Å². The van der Waals surface area contributed by atoms with Gasteiger partial charge < -0.3 is 9.88 Å². The van der Waals surface area contributed by atoms with Gasteiger partial charge in [0.2, 0.25) is 5.91 Å². The minimum atomic E-state index is -0.0306. The van der Waals surface area contributed by atoms with E-state index in [2.05, 4.69) is 33.9 Å². The Morgan fingerprint density at radius 1 is 1.27 bits per heavy atom. The highest BCUT2D eigenvalue weighted by atomic mass is 32.1. The van der Waals surface area contributed by atoms with Gasteiger partial charge in [0.15, 0.2) is 5.13 Å². The molecule has 2 aromatic heterocycles. The minimum Gasteiger partial charge on any atom is -0.346 e. The standard InChI is InChI=1S/C17H17N3OS/c1-13-6-2-3-7-14(13)15(20-9-4-5-10-20)12-16(21)19-17-18-8-11-22-17/h2-11,15H,12H2,1H3,(H,18,19,21)/t15-/m1/s1. The van der Waals surface area contributed by atoms with Crippen LogP contribution in [-0.4, -0.2) is 15.5 Å². The third-order valence-electron chi connectivity index (χ3n) is 3.59. The molecule has 0 spiro atoms. The van der Waals surface area contributed by atoms with Gasteiger partial charge in [0.25, 0.3) is 0 Å². The molecule has 2 heterocycles. The summed E-state index contributed by atoms with van der Waals surface area (Å²) in [6.07, 6.45) is 6.05. The first-order chi connectivity index (χ1) is 10.7. The molecule has 1 N–H and O–H groups in total. The molecule has 3 aromatic rings. The number of nitrogens with zero attached hydrogens (tertiary/aromatic N) is 2. The van der Waals surface area contributed by atoms with E-state index < -0.39 is 0 Å². The fourth-order valence-corrected chi connectivity index (χ4v) is 3.07. The van der Waals surface area contributed by atoms with E-state index in [0.29, 0.717) is 11.6 Å². The normalized spacial score (nSPS) is 12.0. The smallest absolute Gasteiger partial charge is 0.228 e. The van der Waals surface area contributed by atoms with E-state index >= 15 is 0 Å². The zero-order valence-corrected chi connectivity index (χ0v) is 13.1. The molecule has 0 bridgehead atoms. The van der Waals surface area contributed by atoms with Gasteiger partial charge in [-0.25, -0.2) is 4.98 Å². The van der Waals surface area contributed by atoms with Crippen molar-refractivity contribution in [3.63, 3.8) is 0 Å². The maximum atomic E-state index is 12.3. The first-order valence-corrected chi connectivity index (χ1v) is 7.99. The van der Waals surface area contributed by atoms with Crippen molar-refractivity contribution in [3.05, 3.63) is 71.5 Å². The molecule has 5 heteroatoms. The average molecular weight is 311 g/mol. The third-order valence-corrected chi connectivity index (χ3v) is 4.28. The fourth-order valence-electron chi connectivity index (χ4n) is 2.52. The summed E-state index contributed by atoms with van der Waals surface area (Å²) >= 11 is 1.42. The molecule has 4 nitrogen and oxygen atoms in total. The lowest BCUT2D eigenvalue weighted by atomic mass is 9.98. The van der Waals surface area contributed by atoms with Crippen LogP contribution in [0, 0.1) is 6.92 Å². The van der Waals surface area contributed by atoms with Crippen LogP contribution in [0.4, 0.5) is 5.13 Å². The number of carbonyl (C=O) groups is 1. The maximum Gasteiger partial charge on any atom is 0.228 e. The van der Waals surface area contributed by atoms with E-state index in [4.69, 9.17) is 0 Å². The van der Waals surface area contributed by atoms with E-state index in [1.807, 2.05) is 42.0 Å². The molecule has 1 aromatic carbocycles. The number of rotatable bonds is 5. The summed E-state index contributed by atoms with van der Waals surface area (Å²) < 4.78 is 2.07. The largest absolute Gasteiger partial charge is 0.346 e. The molecule has 112 valence electrons. The van der Waals surface area contributed by atoms with Crippen molar-refractivity contribution in [2.45, 2.75) is 19.4 Å². The van der Waals surface area contributed by atoms with Crippen LogP contribution < -0.4 is 5.32 Å². The second-order valence-electron chi connectivity index (χ2n) is 5.09. The van der Waals surface area contributed by atoms with Crippen LogP contribution in [-0.2, 0) is 4.79 Å². The van der Waals surface area contributed by atoms with Gasteiger partial charge in [-0.05, 0) is 30.2 Å². The van der Waals surface area contributed by atoms with E-state index in [9.17, 15) is 4.79 Å². The zero-order chi connectivity index (χ0) is 15.4. The molecule has 1 atom stereocenters. The fraction of sp³-hybridized carbons (Fsp3) is 0.176. The van der Waals surface area contributed by atoms with Crippen molar-refractivity contribution in [1.29, 1.82) is 0 Å². The van der Waals surface area contributed by atoms with Crippen LogP contribution in [0.1, 0.15) is 23.6 Å². The molecule has 0 fully saturated rings. The molecule has 0 saturated heterocycles. The van der Waals surface area contributed by atoms with E-state index in [1.54, 1.807) is 6.20 Å². The lowest BCUT2D eigenvalue weighted by Crippen LogP contribution is -2.20. The van der Waals surface area contributed by atoms with Crippen LogP contribution in [0.15, 0.2) is 60.4 Å². The summed E-state index contributed by atoms with van der Waals surface area (Å²) in [5.41, 5.74) is 2.34. The zero-order valence-electron chi connectivity index (χ0n) is 12.3. The van der Waals surface area contributed by atoms with E-state index in [1.165, 1.54) is 16.9 Å². The molecule has 0 aliphatic rings. The minimum absolute atomic E-state index is 0.0174. The third kappa shape index (κ3) is 3.26. The molecule has 0 aliphatic carbocycles. The maximum absolute atomic E-state index is 12.3. The molecule has 0 saturated carbocycles. The van der Waals surface area contributed by atoms with Crippen molar-refractivity contribution >= 4 is 22.4 Å². The van der Waals surface area contributed by atoms with Crippen LogP contribution >= 0.6 is 11.3 Å². The molecule has 0 radical (unpaired) electrons. The van der Waals surface area contributed by atoms with Crippen LogP contribution in [0.2, 0.25) is 0 Å². The Labute approximate surface area is 133 Å². The molecule has 22 heavy (non-hydrogen) atoms. The summed E-state index contributed by atoms with van der Waals surface area (Å²) in [4.78, 5) is 16.4. The first-order valence-electron chi connectivity index (χ1n) is 7.11. The van der Waals surface area contributed by atoms with Gasteiger partial charge in [-0.1, -0.05) is 24.3 Å². The monoisotopic (exact) mass is 311 g/mol. The van der Waals surface area contributed by atoms with Crippen molar-refractivity contribution in [3.8, 4) is 0 Å². The van der Waals surface area contributed by atoms with Gasteiger partial charge >= 0.3 is 0 Å².